The fourth-order valence-corrected chi connectivity index (χ4v) is 4.58. The zero-order valence-electron chi connectivity index (χ0n) is 20.0. The molecule has 1 aliphatic heterocycles. The molecule has 0 radical (unpaired) electrons. The predicted octanol–water partition coefficient (Wildman–Crippen LogP) is 4.37. The van der Waals surface area contributed by atoms with E-state index < -0.39 is 5.91 Å². The molecular formula is C28H25N5O4. The van der Waals surface area contributed by atoms with Crippen LogP contribution in [0.25, 0.3) is 5.69 Å². The molecule has 2 amide bonds. The number of pyridine rings is 1. The number of hydrogen-bond acceptors (Lipinski definition) is 5. The number of rotatable bonds is 7. The average Bonchev–Trinajstić information content (AvgIpc) is 3.60. The van der Waals surface area contributed by atoms with Crippen LogP contribution in [0.4, 0.5) is 11.5 Å². The average molecular weight is 496 g/mol. The van der Waals surface area contributed by atoms with Crippen LogP contribution in [0.3, 0.4) is 0 Å². The SMILES string of the molecule is O=C(Nc1ccc(Oc2ccnc(NC(=O)C3CC3)c2)cc1)c1c2n(n(-c3ccccc3)c1=O)CCC2. The van der Waals surface area contributed by atoms with E-state index in [0.29, 0.717) is 36.0 Å². The summed E-state index contributed by atoms with van der Waals surface area (Å²) >= 11 is 0. The highest BCUT2D eigenvalue weighted by atomic mass is 16.5. The van der Waals surface area contributed by atoms with Crippen molar-refractivity contribution in [3.05, 3.63) is 94.5 Å². The molecule has 3 heterocycles. The monoisotopic (exact) mass is 495 g/mol. The summed E-state index contributed by atoms with van der Waals surface area (Å²) in [5, 5.41) is 5.66. The summed E-state index contributed by atoms with van der Waals surface area (Å²) < 4.78 is 9.38. The van der Waals surface area contributed by atoms with Gasteiger partial charge >= 0.3 is 0 Å². The van der Waals surface area contributed by atoms with Crippen molar-refractivity contribution in [2.75, 3.05) is 10.6 Å². The fourth-order valence-electron chi connectivity index (χ4n) is 4.58. The van der Waals surface area contributed by atoms with Gasteiger partial charge in [0.15, 0.2) is 0 Å². The Morgan fingerprint density at radius 1 is 0.946 bits per heavy atom. The van der Waals surface area contributed by atoms with E-state index in [2.05, 4.69) is 15.6 Å². The second-order valence-electron chi connectivity index (χ2n) is 9.22. The van der Waals surface area contributed by atoms with Gasteiger partial charge in [-0.3, -0.25) is 19.1 Å². The number of amides is 2. The van der Waals surface area contributed by atoms with Crippen LogP contribution in [-0.4, -0.2) is 26.2 Å². The first-order valence-corrected chi connectivity index (χ1v) is 12.3. The van der Waals surface area contributed by atoms with Gasteiger partial charge in [-0.1, -0.05) is 18.2 Å². The third-order valence-electron chi connectivity index (χ3n) is 6.54. The van der Waals surface area contributed by atoms with Crippen molar-refractivity contribution >= 4 is 23.3 Å². The number of hydrogen-bond donors (Lipinski definition) is 2. The maximum Gasteiger partial charge on any atom is 0.284 e. The highest BCUT2D eigenvalue weighted by Crippen LogP contribution is 2.31. The Bertz CT molecular complexity index is 1540. The zero-order chi connectivity index (χ0) is 25.4. The summed E-state index contributed by atoms with van der Waals surface area (Å²) in [5.41, 5.74) is 1.91. The van der Waals surface area contributed by atoms with E-state index in [1.165, 1.54) is 0 Å². The number of carbonyl (C=O) groups is 2. The van der Waals surface area contributed by atoms with Crippen LogP contribution in [0.5, 0.6) is 11.5 Å². The first-order chi connectivity index (χ1) is 18.1. The molecule has 2 aromatic heterocycles. The normalized spacial score (nSPS) is 14.2. The molecular weight excluding hydrogens is 470 g/mol. The minimum absolute atomic E-state index is 0.0193. The molecule has 0 bridgehead atoms. The maximum atomic E-state index is 13.3. The molecule has 9 heteroatoms. The van der Waals surface area contributed by atoms with Crippen LogP contribution in [-0.2, 0) is 17.8 Å². The van der Waals surface area contributed by atoms with Crippen molar-refractivity contribution in [1.29, 1.82) is 0 Å². The molecule has 2 aliphatic rings. The van der Waals surface area contributed by atoms with E-state index in [9.17, 15) is 14.4 Å². The quantitative estimate of drug-likeness (QED) is 0.396. The predicted molar refractivity (Wildman–Crippen MR) is 138 cm³/mol. The maximum absolute atomic E-state index is 13.3. The van der Waals surface area contributed by atoms with Gasteiger partial charge in [0.05, 0.1) is 11.4 Å². The van der Waals surface area contributed by atoms with Crippen molar-refractivity contribution < 1.29 is 14.3 Å². The molecule has 4 aromatic rings. The molecule has 186 valence electrons. The largest absolute Gasteiger partial charge is 0.457 e. The number of aromatic nitrogens is 3. The lowest BCUT2D eigenvalue weighted by Crippen LogP contribution is -2.26. The summed E-state index contributed by atoms with van der Waals surface area (Å²) in [6.45, 7) is 0.694. The molecule has 1 saturated carbocycles. The van der Waals surface area contributed by atoms with E-state index in [-0.39, 0.29) is 22.9 Å². The lowest BCUT2D eigenvalue weighted by molar-refractivity contribution is -0.117. The summed E-state index contributed by atoms with van der Waals surface area (Å²) in [5.74, 6) is 1.17. The Labute approximate surface area is 212 Å². The van der Waals surface area contributed by atoms with Crippen molar-refractivity contribution in [1.82, 2.24) is 14.3 Å². The van der Waals surface area contributed by atoms with Gasteiger partial charge < -0.3 is 15.4 Å². The number of para-hydroxylation sites is 1. The van der Waals surface area contributed by atoms with Crippen LogP contribution in [0.1, 0.15) is 35.3 Å². The van der Waals surface area contributed by atoms with Crippen LogP contribution in [0.2, 0.25) is 0 Å². The second kappa shape index (κ2) is 9.42. The Morgan fingerprint density at radius 3 is 2.49 bits per heavy atom. The topological polar surface area (TPSA) is 107 Å². The highest BCUT2D eigenvalue weighted by Gasteiger charge is 2.30. The lowest BCUT2D eigenvalue weighted by Gasteiger charge is -2.09. The number of fused-ring (bicyclic) bond motifs is 1. The smallest absolute Gasteiger partial charge is 0.284 e. The van der Waals surface area contributed by atoms with E-state index in [1.54, 1.807) is 47.3 Å². The summed E-state index contributed by atoms with van der Waals surface area (Å²) in [6, 6.07) is 19.6. The molecule has 6 rings (SSSR count). The van der Waals surface area contributed by atoms with Gasteiger partial charge in [0, 0.05) is 30.4 Å². The second-order valence-corrected chi connectivity index (χ2v) is 9.22. The van der Waals surface area contributed by atoms with Gasteiger partial charge in [-0.25, -0.2) is 9.67 Å². The zero-order valence-corrected chi connectivity index (χ0v) is 20.0. The number of benzene rings is 2. The minimum Gasteiger partial charge on any atom is -0.457 e. The van der Waals surface area contributed by atoms with E-state index in [0.717, 1.165) is 30.6 Å². The number of carbonyl (C=O) groups excluding carboxylic acids is 2. The van der Waals surface area contributed by atoms with Crippen LogP contribution >= 0.6 is 0 Å². The van der Waals surface area contributed by atoms with Crippen LogP contribution in [0, 0.1) is 5.92 Å². The summed E-state index contributed by atoms with van der Waals surface area (Å²) in [6.07, 6.45) is 4.97. The van der Waals surface area contributed by atoms with Gasteiger partial charge in [0.2, 0.25) is 5.91 Å². The Kier molecular flexibility index (Phi) is 5.80. The number of anilines is 2. The van der Waals surface area contributed by atoms with Gasteiger partial charge in [0.25, 0.3) is 11.5 Å². The molecule has 1 aliphatic carbocycles. The van der Waals surface area contributed by atoms with Gasteiger partial charge in [-0.05, 0) is 68.1 Å². The van der Waals surface area contributed by atoms with Crippen molar-refractivity contribution in [2.24, 2.45) is 5.92 Å². The molecule has 9 nitrogen and oxygen atoms in total. The first kappa shape index (κ1) is 22.8. The highest BCUT2D eigenvalue weighted by molar-refractivity contribution is 6.05. The molecule has 0 spiro atoms. The first-order valence-electron chi connectivity index (χ1n) is 12.3. The van der Waals surface area contributed by atoms with Crippen LogP contribution < -0.4 is 20.9 Å². The van der Waals surface area contributed by atoms with Gasteiger partial charge in [-0.15, -0.1) is 0 Å². The van der Waals surface area contributed by atoms with Gasteiger partial charge in [-0.2, -0.15) is 0 Å². The van der Waals surface area contributed by atoms with Crippen molar-refractivity contribution in [3.8, 4) is 17.2 Å². The van der Waals surface area contributed by atoms with E-state index in [1.807, 2.05) is 35.0 Å². The third-order valence-corrected chi connectivity index (χ3v) is 6.54. The Balaban J connectivity index is 1.16. The molecule has 0 unspecified atom stereocenters. The van der Waals surface area contributed by atoms with E-state index in [4.69, 9.17) is 4.74 Å². The van der Waals surface area contributed by atoms with Crippen molar-refractivity contribution in [2.45, 2.75) is 32.2 Å². The number of nitrogens with zero attached hydrogens (tertiary/aromatic N) is 3. The minimum atomic E-state index is -0.427. The number of ether oxygens (including phenoxy) is 1. The molecule has 0 atom stereocenters. The molecule has 2 N–H and O–H groups in total. The van der Waals surface area contributed by atoms with E-state index >= 15 is 0 Å². The van der Waals surface area contributed by atoms with Crippen molar-refractivity contribution in [3.63, 3.8) is 0 Å². The number of nitrogens with one attached hydrogen (secondary N) is 2. The fraction of sp³-hybridized carbons (Fsp3) is 0.214. The molecule has 1 fully saturated rings. The Morgan fingerprint density at radius 2 is 1.73 bits per heavy atom. The molecule has 0 saturated heterocycles. The summed E-state index contributed by atoms with van der Waals surface area (Å²) in [7, 11) is 0. The standard InChI is InChI=1S/C28H25N5O4/c34-26(18-8-9-18)31-24-17-22(14-15-29-24)37-21-12-10-19(11-13-21)30-27(35)25-23-7-4-16-32(23)33(28(25)36)20-5-2-1-3-6-20/h1-3,5-6,10-15,17-18H,4,7-9,16H2,(H,30,35)(H,29,31,34). The Hall–Kier alpha value is -4.66. The molecule has 2 aromatic carbocycles. The van der Waals surface area contributed by atoms with Crippen LogP contribution in [0.15, 0.2) is 77.7 Å². The molecule has 37 heavy (non-hydrogen) atoms. The summed E-state index contributed by atoms with van der Waals surface area (Å²) in [4.78, 5) is 42.6. The lowest BCUT2D eigenvalue weighted by atomic mass is 10.1. The van der Waals surface area contributed by atoms with Gasteiger partial charge in [0.1, 0.15) is 22.9 Å². The third kappa shape index (κ3) is 4.63.